The van der Waals surface area contributed by atoms with Crippen LogP contribution in [-0.4, -0.2) is 76.8 Å². The molecular weight excluding hydrogens is 444 g/mol. The quantitative estimate of drug-likeness (QED) is 0.121. The number of carboxylic acid groups (broad SMARTS) is 1. The molecule has 14 heteroatoms. The number of thioether (sulfide) groups is 1. The second kappa shape index (κ2) is 15.0. The molecule has 0 rings (SSSR count). The van der Waals surface area contributed by atoms with Crippen LogP contribution < -0.4 is 33.2 Å². The van der Waals surface area contributed by atoms with Crippen molar-refractivity contribution in [1.82, 2.24) is 16.0 Å². The molecular formula is C18H32N6O7S. The van der Waals surface area contributed by atoms with Gasteiger partial charge in [-0.25, -0.2) is 0 Å². The summed E-state index contributed by atoms with van der Waals surface area (Å²) in [5.74, 6) is -4.34. The van der Waals surface area contributed by atoms with E-state index in [2.05, 4.69) is 16.0 Å². The van der Waals surface area contributed by atoms with Crippen molar-refractivity contribution in [3.05, 3.63) is 0 Å². The Morgan fingerprint density at radius 1 is 0.812 bits per heavy atom. The van der Waals surface area contributed by atoms with Gasteiger partial charge in [-0.2, -0.15) is 11.8 Å². The monoisotopic (exact) mass is 476 g/mol. The van der Waals surface area contributed by atoms with E-state index in [1.54, 1.807) is 6.26 Å². The molecule has 0 aromatic rings. The van der Waals surface area contributed by atoms with Crippen LogP contribution in [0.15, 0.2) is 0 Å². The molecule has 0 aliphatic rings. The number of aliphatic carboxylic acids is 1. The smallest absolute Gasteiger partial charge is 0.325 e. The van der Waals surface area contributed by atoms with E-state index >= 15 is 0 Å². The minimum absolute atomic E-state index is 0.0445. The number of hydrogen-bond acceptors (Lipinski definition) is 8. The molecule has 0 aliphatic carbocycles. The van der Waals surface area contributed by atoms with E-state index in [4.69, 9.17) is 22.3 Å². The first kappa shape index (κ1) is 29.1. The van der Waals surface area contributed by atoms with Gasteiger partial charge in [0.15, 0.2) is 0 Å². The summed E-state index contributed by atoms with van der Waals surface area (Å²) in [6.45, 7) is 1.27. The normalized spacial score (nSPS) is 14.3. The van der Waals surface area contributed by atoms with Crippen LogP contribution in [0.2, 0.25) is 0 Å². The zero-order chi connectivity index (χ0) is 24.8. The second-order valence-electron chi connectivity index (χ2n) is 7.09. The van der Waals surface area contributed by atoms with Gasteiger partial charge in [0.25, 0.3) is 0 Å². The summed E-state index contributed by atoms with van der Waals surface area (Å²) in [6, 6.07) is -4.62. The fourth-order valence-corrected chi connectivity index (χ4v) is 2.89. The number of nitrogens with one attached hydrogen (secondary N) is 3. The summed E-state index contributed by atoms with van der Waals surface area (Å²) in [5, 5.41) is 16.1. The van der Waals surface area contributed by atoms with Crippen molar-refractivity contribution in [3.8, 4) is 0 Å². The lowest BCUT2D eigenvalue weighted by Gasteiger charge is -2.24. The summed E-state index contributed by atoms with van der Waals surface area (Å²) in [7, 11) is 0. The Kier molecular flexibility index (Phi) is 13.7. The number of carbonyl (C=O) groups excluding carboxylic acids is 5. The fraction of sp³-hybridized carbons (Fsp3) is 0.667. The Balaban J connectivity index is 5.34. The zero-order valence-corrected chi connectivity index (χ0v) is 18.9. The molecule has 0 aliphatic heterocycles. The first-order valence-corrected chi connectivity index (χ1v) is 11.2. The number of carboxylic acids is 1. The van der Waals surface area contributed by atoms with Gasteiger partial charge in [-0.3, -0.25) is 28.8 Å². The number of primary amides is 2. The van der Waals surface area contributed by atoms with E-state index in [1.165, 1.54) is 18.7 Å². The Labute approximate surface area is 189 Å². The van der Waals surface area contributed by atoms with Crippen LogP contribution in [0.25, 0.3) is 0 Å². The molecule has 0 saturated heterocycles. The van der Waals surface area contributed by atoms with Gasteiger partial charge < -0.3 is 38.3 Å². The molecule has 0 radical (unpaired) electrons. The summed E-state index contributed by atoms with van der Waals surface area (Å²) in [6.07, 6.45) is 1.42. The minimum atomic E-state index is -1.25. The maximum atomic E-state index is 12.8. The number of carbonyl (C=O) groups is 6. The Hall–Kier alpha value is -2.87. The first-order valence-electron chi connectivity index (χ1n) is 9.84. The minimum Gasteiger partial charge on any atom is -0.480 e. The van der Waals surface area contributed by atoms with Gasteiger partial charge >= 0.3 is 5.97 Å². The van der Waals surface area contributed by atoms with Crippen molar-refractivity contribution in [2.24, 2.45) is 17.2 Å². The van der Waals surface area contributed by atoms with Crippen LogP contribution >= 0.6 is 11.8 Å². The lowest BCUT2D eigenvalue weighted by molar-refractivity contribution is -0.141. The predicted molar refractivity (Wildman–Crippen MR) is 117 cm³/mol. The highest BCUT2D eigenvalue weighted by molar-refractivity contribution is 7.98. The highest BCUT2D eigenvalue weighted by atomic mass is 32.2. The third-order valence-electron chi connectivity index (χ3n) is 4.32. The molecule has 0 spiro atoms. The molecule has 0 bridgehead atoms. The maximum absolute atomic E-state index is 12.8. The molecule has 0 aromatic carbocycles. The van der Waals surface area contributed by atoms with Crippen molar-refractivity contribution in [1.29, 1.82) is 0 Å². The summed E-state index contributed by atoms with van der Waals surface area (Å²) >= 11 is 1.41. The molecule has 0 saturated carbocycles. The van der Waals surface area contributed by atoms with Crippen molar-refractivity contribution >= 4 is 47.3 Å². The second-order valence-corrected chi connectivity index (χ2v) is 8.07. The average molecular weight is 477 g/mol. The lowest BCUT2D eigenvalue weighted by atomic mass is 10.1. The highest BCUT2D eigenvalue weighted by Gasteiger charge is 2.29. The molecule has 0 fully saturated rings. The number of nitrogens with two attached hydrogens (primary N) is 3. The van der Waals surface area contributed by atoms with E-state index in [1.807, 2.05) is 0 Å². The topological polar surface area (TPSA) is 237 Å². The lowest BCUT2D eigenvalue weighted by Crippen LogP contribution is -2.57. The zero-order valence-electron chi connectivity index (χ0n) is 18.1. The molecule has 4 atom stereocenters. The molecule has 4 unspecified atom stereocenters. The van der Waals surface area contributed by atoms with Crippen molar-refractivity contribution in [3.63, 3.8) is 0 Å². The van der Waals surface area contributed by atoms with Gasteiger partial charge in [-0.1, -0.05) is 0 Å². The van der Waals surface area contributed by atoms with Crippen LogP contribution in [0, 0.1) is 0 Å². The summed E-state index contributed by atoms with van der Waals surface area (Å²) < 4.78 is 0. The molecule has 182 valence electrons. The van der Waals surface area contributed by atoms with Crippen LogP contribution in [0.3, 0.4) is 0 Å². The van der Waals surface area contributed by atoms with Gasteiger partial charge in [-0.05, 0) is 38.2 Å². The predicted octanol–water partition coefficient (Wildman–Crippen LogP) is -2.84. The van der Waals surface area contributed by atoms with Crippen LogP contribution in [-0.2, 0) is 28.8 Å². The third kappa shape index (κ3) is 12.1. The van der Waals surface area contributed by atoms with Gasteiger partial charge in [0.05, 0.1) is 6.04 Å². The van der Waals surface area contributed by atoms with Crippen LogP contribution in [0.4, 0.5) is 0 Å². The number of amides is 5. The highest BCUT2D eigenvalue weighted by Crippen LogP contribution is 2.05. The average Bonchev–Trinajstić information content (AvgIpc) is 2.71. The largest absolute Gasteiger partial charge is 0.480 e. The third-order valence-corrected chi connectivity index (χ3v) is 4.97. The molecule has 13 nitrogen and oxygen atoms in total. The molecule has 0 heterocycles. The Morgan fingerprint density at radius 2 is 1.28 bits per heavy atom. The SMILES string of the molecule is CSCCC(NC(=O)C(CCC(N)=O)NC(=O)C(N)CCC(N)=O)C(=O)NC(C)C(=O)O. The van der Waals surface area contributed by atoms with E-state index in [0.717, 1.165) is 0 Å². The Bertz CT molecular complexity index is 705. The van der Waals surface area contributed by atoms with E-state index in [-0.39, 0.29) is 32.1 Å². The Morgan fingerprint density at radius 3 is 1.78 bits per heavy atom. The van der Waals surface area contributed by atoms with Gasteiger partial charge in [0.2, 0.25) is 29.5 Å². The standard InChI is InChI=1S/C18H32N6O7S/c1-9(18(30)31)22-16(28)12(7-8-32-2)24-17(29)11(4-6-14(21)26)23-15(27)10(19)3-5-13(20)25/h9-12H,3-8,19H2,1-2H3,(H2,20,25)(H2,21,26)(H,22,28)(H,23,27)(H,24,29)(H,30,31). The van der Waals surface area contributed by atoms with Crippen LogP contribution in [0.5, 0.6) is 0 Å². The molecule has 32 heavy (non-hydrogen) atoms. The fourth-order valence-electron chi connectivity index (χ4n) is 2.42. The first-order chi connectivity index (χ1) is 14.9. The summed E-state index contributed by atoms with van der Waals surface area (Å²) in [5.41, 5.74) is 15.9. The van der Waals surface area contributed by atoms with Crippen molar-refractivity contribution in [2.75, 3.05) is 12.0 Å². The van der Waals surface area contributed by atoms with E-state index in [0.29, 0.717) is 5.75 Å². The maximum Gasteiger partial charge on any atom is 0.325 e. The van der Waals surface area contributed by atoms with E-state index in [9.17, 15) is 28.8 Å². The van der Waals surface area contributed by atoms with Gasteiger partial charge in [0.1, 0.15) is 18.1 Å². The van der Waals surface area contributed by atoms with Crippen molar-refractivity contribution < 1.29 is 33.9 Å². The van der Waals surface area contributed by atoms with Crippen molar-refractivity contribution in [2.45, 2.75) is 63.2 Å². The molecule has 10 N–H and O–H groups in total. The summed E-state index contributed by atoms with van der Waals surface area (Å²) in [4.78, 5) is 70.5. The van der Waals surface area contributed by atoms with E-state index < -0.39 is 59.7 Å². The van der Waals surface area contributed by atoms with Gasteiger partial charge in [0, 0.05) is 12.8 Å². The number of rotatable bonds is 16. The van der Waals surface area contributed by atoms with Crippen LogP contribution in [0.1, 0.15) is 39.0 Å². The molecule has 0 aromatic heterocycles. The number of hydrogen-bond donors (Lipinski definition) is 7. The van der Waals surface area contributed by atoms with Gasteiger partial charge in [-0.15, -0.1) is 0 Å². The molecule has 5 amide bonds.